The lowest BCUT2D eigenvalue weighted by atomic mass is 9.99. The minimum Gasteiger partial charge on any atom is -0.491 e. The number of hydrogen-bond acceptors (Lipinski definition) is 5. The largest absolute Gasteiger partial charge is 0.491 e. The predicted molar refractivity (Wildman–Crippen MR) is 98.6 cm³/mol. The number of ether oxygens (including phenoxy) is 2. The number of hydroxylamine groups is 1. The molecule has 0 aliphatic carbocycles. The molecule has 2 unspecified atom stereocenters. The van der Waals surface area contributed by atoms with Crippen LogP contribution in [0.3, 0.4) is 0 Å². The van der Waals surface area contributed by atoms with E-state index in [4.69, 9.17) is 14.3 Å². The standard InChI is InChI=1S/C19H30N2O5/c1-6-14(2)16(20-18(23)26-19(3,4)5)17(22)21-25-13-12-24-15-10-8-7-9-11-15/h7-11,14,16H,6,12-13H2,1-5H3,(H,20,23)(H,21,22). The number of alkyl carbamates (subject to hydrolysis) is 1. The topological polar surface area (TPSA) is 85.9 Å². The molecule has 0 aliphatic heterocycles. The van der Waals surface area contributed by atoms with Gasteiger partial charge in [0.1, 0.15) is 30.6 Å². The van der Waals surface area contributed by atoms with Crippen molar-refractivity contribution >= 4 is 12.0 Å². The zero-order chi connectivity index (χ0) is 19.6. The maximum Gasteiger partial charge on any atom is 0.408 e. The fourth-order valence-corrected chi connectivity index (χ4v) is 2.04. The number of rotatable bonds is 9. The maximum absolute atomic E-state index is 12.3. The van der Waals surface area contributed by atoms with Crippen LogP contribution < -0.4 is 15.5 Å². The first-order valence-electron chi connectivity index (χ1n) is 8.82. The van der Waals surface area contributed by atoms with Gasteiger partial charge in [0.05, 0.1) is 0 Å². The van der Waals surface area contributed by atoms with Crippen LogP contribution >= 0.6 is 0 Å². The molecule has 2 N–H and O–H groups in total. The lowest BCUT2D eigenvalue weighted by Crippen LogP contribution is -2.51. The molecule has 0 spiro atoms. The van der Waals surface area contributed by atoms with Gasteiger partial charge in [0.25, 0.3) is 5.91 Å². The predicted octanol–water partition coefficient (Wildman–Crippen LogP) is 3.05. The minimum absolute atomic E-state index is 0.0771. The zero-order valence-electron chi connectivity index (χ0n) is 16.2. The Morgan fingerprint density at radius 2 is 1.77 bits per heavy atom. The molecule has 1 aromatic rings. The molecule has 26 heavy (non-hydrogen) atoms. The van der Waals surface area contributed by atoms with Crippen LogP contribution in [0.5, 0.6) is 5.75 Å². The number of hydrogen-bond donors (Lipinski definition) is 2. The monoisotopic (exact) mass is 366 g/mol. The highest BCUT2D eigenvalue weighted by molar-refractivity contribution is 5.85. The second-order valence-electron chi connectivity index (χ2n) is 6.99. The van der Waals surface area contributed by atoms with Crippen LogP contribution in [0.2, 0.25) is 0 Å². The van der Waals surface area contributed by atoms with Crippen LogP contribution in [0.25, 0.3) is 0 Å². The summed E-state index contributed by atoms with van der Waals surface area (Å²) in [5.74, 6) is 0.225. The Balaban J connectivity index is 2.41. The Hall–Kier alpha value is -2.28. The second-order valence-corrected chi connectivity index (χ2v) is 6.99. The molecular formula is C19H30N2O5. The van der Waals surface area contributed by atoms with Gasteiger partial charge < -0.3 is 14.8 Å². The molecule has 0 aliphatic rings. The third kappa shape index (κ3) is 8.71. The van der Waals surface area contributed by atoms with Gasteiger partial charge in [-0.2, -0.15) is 0 Å². The molecule has 7 heteroatoms. The van der Waals surface area contributed by atoms with E-state index in [0.29, 0.717) is 6.42 Å². The molecule has 0 heterocycles. The van der Waals surface area contributed by atoms with Crippen molar-refractivity contribution in [3.63, 3.8) is 0 Å². The average molecular weight is 366 g/mol. The van der Waals surface area contributed by atoms with Crippen molar-refractivity contribution in [3.05, 3.63) is 30.3 Å². The number of carbonyl (C=O) groups excluding carboxylic acids is 2. The van der Waals surface area contributed by atoms with E-state index in [9.17, 15) is 9.59 Å². The second kappa shape index (κ2) is 10.7. The number of nitrogens with one attached hydrogen (secondary N) is 2. The molecule has 0 aromatic heterocycles. The maximum atomic E-state index is 12.3. The lowest BCUT2D eigenvalue weighted by Gasteiger charge is -2.26. The molecule has 1 aromatic carbocycles. The van der Waals surface area contributed by atoms with Crippen molar-refractivity contribution in [1.29, 1.82) is 0 Å². The highest BCUT2D eigenvalue weighted by Gasteiger charge is 2.28. The minimum atomic E-state index is -0.745. The van der Waals surface area contributed by atoms with Gasteiger partial charge in [0.15, 0.2) is 0 Å². The summed E-state index contributed by atoms with van der Waals surface area (Å²) in [6, 6.07) is 8.57. The Morgan fingerprint density at radius 3 is 2.35 bits per heavy atom. The van der Waals surface area contributed by atoms with Gasteiger partial charge in [0.2, 0.25) is 0 Å². The zero-order valence-corrected chi connectivity index (χ0v) is 16.2. The van der Waals surface area contributed by atoms with E-state index in [1.165, 1.54) is 0 Å². The van der Waals surface area contributed by atoms with Crippen molar-refractivity contribution in [1.82, 2.24) is 10.8 Å². The van der Waals surface area contributed by atoms with Gasteiger partial charge >= 0.3 is 6.09 Å². The molecule has 2 atom stereocenters. The van der Waals surface area contributed by atoms with E-state index in [1.54, 1.807) is 20.8 Å². The first-order chi connectivity index (χ1) is 12.2. The van der Waals surface area contributed by atoms with Crippen molar-refractivity contribution in [2.75, 3.05) is 13.2 Å². The first kappa shape index (κ1) is 21.8. The molecule has 2 amide bonds. The number of para-hydroxylation sites is 1. The van der Waals surface area contributed by atoms with Gasteiger partial charge in [-0.15, -0.1) is 0 Å². The van der Waals surface area contributed by atoms with Gasteiger partial charge in [-0.1, -0.05) is 38.5 Å². The summed E-state index contributed by atoms with van der Waals surface area (Å²) in [5.41, 5.74) is 1.73. The highest BCUT2D eigenvalue weighted by atomic mass is 16.7. The van der Waals surface area contributed by atoms with E-state index in [2.05, 4.69) is 10.8 Å². The summed E-state index contributed by atoms with van der Waals surface area (Å²) in [6.07, 6.45) is 0.0794. The molecule has 1 rings (SSSR count). The van der Waals surface area contributed by atoms with Crippen molar-refractivity contribution in [2.24, 2.45) is 5.92 Å². The van der Waals surface area contributed by atoms with E-state index in [0.717, 1.165) is 5.75 Å². The SMILES string of the molecule is CCC(C)C(NC(=O)OC(C)(C)C)C(=O)NOCCOc1ccccc1. The summed E-state index contributed by atoms with van der Waals surface area (Å²) in [7, 11) is 0. The van der Waals surface area contributed by atoms with Crippen LogP contribution in [-0.2, 0) is 14.4 Å². The Labute approximate surface area is 155 Å². The van der Waals surface area contributed by atoms with Gasteiger partial charge in [-0.25, -0.2) is 10.3 Å². The smallest absolute Gasteiger partial charge is 0.408 e. The normalized spacial score (nSPS) is 13.4. The number of benzene rings is 1. The summed E-state index contributed by atoms with van der Waals surface area (Å²) < 4.78 is 10.7. The Morgan fingerprint density at radius 1 is 1.12 bits per heavy atom. The van der Waals surface area contributed by atoms with Crippen LogP contribution in [0, 0.1) is 5.92 Å². The molecule has 0 bridgehead atoms. The molecule has 0 saturated heterocycles. The van der Waals surface area contributed by atoms with Gasteiger partial charge in [-0.05, 0) is 38.8 Å². The molecule has 0 fully saturated rings. The van der Waals surface area contributed by atoms with Crippen LogP contribution in [0.15, 0.2) is 30.3 Å². The molecular weight excluding hydrogens is 336 g/mol. The van der Waals surface area contributed by atoms with Crippen LogP contribution in [-0.4, -0.2) is 36.9 Å². The molecule has 0 saturated carbocycles. The van der Waals surface area contributed by atoms with E-state index >= 15 is 0 Å². The number of amides is 2. The first-order valence-corrected chi connectivity index (χ1v) is 8.82. The van der Waals surface area contributed by atoms with Crippen molar-refractivity contribution < 1.29 is 23.9 Å². The molecule has 146 valence electrons. The quantitative estimate of drug-likeness (QED) is 0.518. The Kier molecular flexibility index (Phi) is 8.92. The van der Waals surface area contributed by atoms with Crippen LogP contribution in [0.1, 0.15) is 41.0 Å². The summed E-state index contributed by atoms with van der Waals surface area (Å²) >= 11 is 0. The fourth-order valence-electron chi connectivity index (χ4n) is 2.04. The van der Waals surface area contributed by atoms with Gasteiger partial charge in [-0.3, -0.25) is 9.63 Å². The van der Waals surface area contributed by atoms with Crippen LogP contribution in [0.4, 0.5) is 4.79 Å². The summed E-state index contributed by atoms with van der Waals surface area (Å²) in [5, 5.41) is 2.61. The fraction of sp³-hybridized carbons (Fsp3) is 0.579. The van der Waals surface area contributed by atoms with Crippen molar-refractivity contribution in [2.45, 2.75) is 52.7 Å². The number of carbonyl (C=O) groups is 2. The third-order valence-corrected chi connectivity index (χ3v) is 3.54. The van der Waals surface area contributed by atoms with E-state index in [1.807, 2.05) is 44.2 Å². The van der Waals surface area contributed by atoms with Gasteiger partial charge in [0, 0.05) is 0 Å². The summed E-state index contributed by atoms with van der Waals surface area (Å²) in [6.45, 7) is 9.58. The summed E-state index contributed by atoms with van der Waals surface area (Å²) in [4.78, 5) is 29.4. The van der Waals surface area contributed by atoms with E-state index in [-0.39, 0.29) is 19.1 Å². The third-order valence-electron chi connectivity index (χ3n) is 3.54. The average Bonchev–Trinajstić information content (AvgIpc) is 2.58. The van der Waals surface area contributed by atoms with Crippen molar-refractivity contribution in [3.8, 4) is 5.75 Å². The Bertz CT molecular complexity index is 557. The highest BCUT2D eigenvalue weighted by Crippen LogP contribution is 2.11. The van der Waals surface area contributed by atoms with E-state index < -0.39 is 23.6 Å². The molecule has 0 radical (unpaired) electrons. The molecule has 7 nitrogen and oxygen atoms in total. The lowest BCUT2D eigenvalue weighted by molar-refractivity contribution is -0.137.